The molecule has 0 aliphatic heterocycles. The Kier molecular flexibility index (Phi) is 5.28. The third kappa shape index (κ3) is 4.88. The molecule has 0 aromatic heterocycles. The number of methoxy groups -OCH3 is 1. The highest BCUT2D eigenvalue weighted by Crippen LogP contribution is 2.26. The lowest BCUT2D eigenvalue weighted by atomic mass is 10.1. The number of carbonyl (C=O) groups excluding carboxylic acids is 1. The number of nitrogens with one attached hydrogen (secondary N) is 1. The molecule has 1 saturated carbocycles. The van der Waals surface area contributed by atoms with E-state index in [1.807, 2.05) is 0 Å². The Morgan fingerprint density at radius 1 is 1.47 bits per heavy atom. The topological polar surface area (TPSA) is 38.3 Å². The Balaban J connectivity index is 1.91. The third-order valence-corrected chi connectivity index (χ3v) is 4.28. The van der Waals surface area contributed by atoms with Crippen molar-refractivity contribution >= 4 is 17.7 Å². The molecule has 3 nitrogen and oxygen atoms in total. The van der Waals surface area contributed by atoms with Gasteiger partial charge < -0.3 is 10.1 Å². The van der Waals surface area contributed by atoms with Gasteiger partial charge in [-0.1, -0.05) is 17.7 Å². The second-order valence-electron chi connectivity index (χ2n) is 4.94. The molecule has 0 heterocycles. The highest BCUT2D eigenvalue weighted by Gasteiger charge is 2.20. The predicted molar refractivity (Wildman–Crippen MR) is 78.4 cm³/mol. The highest BCUT2D eigenvalue weighted by molar-refractivity contribution is 7.99. The minimum absolute atomic E-state index is 0.141. The molecule has 0 atom stereocenters. The zero-order valence-corrected chi connectivity index (χ0v) is 12.4. The Morgan fingerprint density at radius 3 is 2.95 bits per heavy atom. The Morgan fingerprint density at radius 2 is 2.26 bits per heavy atom. The second-order valence-corrected chi connectivity index (χ2v) is 6.08. The van der Waals surface area contributed by atoms with Crippen molar-refractivity contribution in [2.75, 3.05) is 12.9 Å². The van der Waals surface area contributed by atoms with Crippen molar-refractivity contribution < 1.29 is 9.53 Å². The van der Waals surface area contributed by atoms with Crippen LogP contribution in [0.25, 0.3) is 0 Å². The molecule has 0 unspecified atom stereocenters. The summed E-state index contributed by atoms with van der Waals surface area (Å²) in [6, 6.07) is 7.23. The summed E-state index contributed by atoms with van der Waals surface area (Å²) in [5.41, 5.74) is 2.62. The van der Waals surface area contributed by atoms with Crippen LogP contribution in [0.2, 0.25) is 0 Å². The molecule has 4 heteroatoms. The molecule has 1 aromatic rings. The van der Waals surface area contributed by atoms with E-state index < -0.39 is 0 Å². The molecule has 104 valence electrons. The lowest BCUT2D eigenvalue weighted by Gasteiger charge is -2.11. The number of ether oxygens (including phenoxy) is 1. The molecule has 0 amide bonds. The summed E-state index contributed by atoms with van der Waals surface area (Å²) in [5, 5.41) is 3.55. The molecule has 1 N–H and O–H groups in total. The molecule has 1 fully saturated rings. The van der Waals surface area contributed by atoms with Gasteiger partial charge in [0.25, 0.3) is 0 Å². The number of rotatable bonds is 7. The van der Waals surface area contributed by atoms with Crippen LogP contribution in [-0.2, 0) is 16.1 Å². The van der Waals surface area contributed by atoms with E-state index >= 15 is 0 Å². The summed E-state index contributed by atoms with van der Waals surface area (Å²) in [4.78, 5) is 12.4. The van der Waals surface area contributed by atoms with Crippen LogP contribution in [0.1, 0.15) is 30.4 Å². The molecule has 1 aliphatic carbocycles. The van der Waals surface area contributed by atoms with Gasteiger partial charge in [-0.05, 0) is 31.4 Å². The van der Waals surface area contributed by atoms with Crippen LogP contribution in [0.5, 0.6) is 0 Å². The first-order chi connectivity index (χ1) is 9.19. The zero-order valence-electron chi connectivity index (χ0n) is 11.6. The van der Waals surface area contributed by atoms with Crippen molar-refractivity contribution in [2.24, 2.45) is 0 Å². The zero-order chi connectivity index (χ0) is 13.7. The maximum Gasteiger partial charge on any atom is 0.306 e. The molecule has 0 bridgehead atoms. The van der Waals surface area contributed by atoms with Gasteiger partial charge >= 0.3 is 5.97 Å². The smallest absolute Gasteiger partial charge is 0.306 e. The predicted octanol–water partition coefficient (Wildman–Crippen LogP) is 2.90. The summed E-state index contributed by atoms with van der Waals surface area (Å²) < 4.78 is 4.66. The Labute approximate surface area is 119 Å². The lowest BCUT2D eigenvalue weighted by Crippen LogP contribution is -2.16. The van der Waals surface area contributed by atoms with Gasteiger partial charge in [-0.2, -0.15) is 0 Å². The van der Waals surface area contributed by atoms with E-state index in [0.29, 0.717) is 12.5 Å². The number of hydrogen-bond acceptors (Lipinski definition) is 4. The van der Waals surface area contributed by atoms with Gasteiger partial charge in [0.05, 0.1) is 13.5 Å². The molecular formula is C15H21NO2S. The molecular weight excluding hydrogens is 258 g/mol. The van der Waals surface area contributed by atoms with Crippen LogP contribution in [0.15, 0.2) is 23.1 Å². The Bertz CT molecular complexity index is 444. The minimum Gasteiger partial charge on any atom is -0.469 e. The van der Waals surface area contributed by atoms with Crippen molar-refractivity contribution in [1.82, 2.24) is 5.32 Å². The van der Waals surface area contributed by atoms with E-state index in [0.717, 1.165) is 12.3 Å². The molecule has 0 spiro atoms. The number of carbonyl (C=O) groups is 1. The van der Waals surface area contributed by atoms with E-state index in [9.17, 15) is 4.79 Å². The molecule has 2 rings (SSSR count). The maximum atomic E-state index is 11.1. The van der Waals surface area contributed by atoms with E-state index in [1.54, 1.807) is 11.8 Å². The second kappa shape index (κ2) is 6.96. The summed E-state index contributed by atoms with van der Waals surface area (Å²) in [6.45, 7) is 3.04. The monoisotopic (exact) mass is 279 g/mol. The summed E-state index contributed by atoms with van der Waals surface area (Å²) >= 11 is 1.73. The first-order valence-electron chi connectivity index (χ1n) is 6.71. The third-order valence-electron chi connectivity index (χ3n) is 3.17. The van der Waals surface area contributed by atoms with E-state index in [2.05, 4.69) is 35.2 Å². The van der Waals surface area contributed by atoms with Gasteiger partial charge in [-0.25, -0.2) is 0 Å². The number of hydrogen-bond donors (Lipinski definition) is 1. The number of aryl methyl sites for hydroxylation is 1. The van der Waals surface area contributed by atoms with Crippen LogP contribution in [0.4, 0.5) is 0 Å². The van der Waals surface area contributed by atoms with Crippen molar-refractivity contribution in [1.29, 1.82) is 0 Å². The van der Waals surface area contributed by atoms with Gasteiger partial charge in [-0.15, -0.1) is 11.8 Å². The van der Waals surface area contributed by atoms with Crippen molar-refractivity contribution in [3.8, 4) is 0 Å². The van der Waals surface area contributed by atoms with E-state index in [4.69, 9.17) is 0 Å². The van der Waals surface area contributed by atoms with Crippen LogP contribution in [0, 0.1) is 6.92 Å². The molecule has 1 aliphatic rings. The number of thioether (sulfide) groups is 1. The lowest BCUT2D eigenvalue weighted by molar-refractivity contribution is -0.140. The molecule has 0 saturated heterocycles. The average molecular weight is 279 g/mol. The standard InChI is InChI=1S/C15H21NO2S/c1-11-3-6-14(19-8-7-15(17)18-2)12(9-11)10-16-13-4-5-13/h3,6,9,13,16H,4-5,7-8,10H2,1-2H3. The van der Waals surface area contributed by atoms with Crippen molar-refractivity contribution in [3.05, 3.63) is 29.3 Å². The van der Waals surface area contributed by atoms with Gasteiger partial charge in [-0.3, -0.25) is 4.79 Å². The molecule has 19 heavy (non-hydrogen) atoms. The van der Waals surface area contributed by atoms with Gasteiger partial charge in [0.2, 0.25) is 0 Å². The van der Waals surface area contributed by atoms with Gasteiger partial charge in [0.1, 0.15) is 0 Å². The maximum absolute atomic E-state index is 11.1. The van der Waals surface area contributed by atoms with Gasteiger partial charge in [0.15, 0.2) is 0 Å². The van der Waals surface area contributed by atoms with Gasteiger partial charge in [0, 0.05) is 23.2 Å². The summed E-state index contributed by atoms with van der Waals surface area (Å²) in [7, 11) is 1.43. The average Bonchev–Trinajstić information content (AvgIpc) is 3.22. The Hall–Kier alpha value is -1.00. The number of esters is 1. The largest absolute Gasteiger partial charge is 0.469 e. The van der Waals surface area contributed by atoms with Crippen molar-refractivity contribution in [2.45, 2.75) is 43.7 Å². The summed E-state index contributed by atoms with van der Waals surface area (Å²) in [6.07, 6.45) is 3.07. The fourth-order valence-electron chi connectivity index (χ4n) is 1.88. The fraction of sp³-hybridized carbons (Fsp3) is 0.533. The first kappa shape index (κ1) is 14.4. The first-order valence-corrected chi connectivity index (χ1v) is 7.70. The van der Waals surface area contributed by atoms with E-state index in [-0.39, 0.29) is 5.97 Å². The summed E-state index contributed by atoms with van der Waals surface area (Å²) in [5.74, 6) is 0.629. The highest BCUT2D eigenvalue weighted by atomic mass is 32.2. The normalized spacial score (nSPS) is 14.4. The number of benzene rings is 1. The van der Waals surface area contributed by atoms with Crippen LogP contribution >= 0.6 is 11.8 Å². The SMILES string of the molecule is COC(=O)CCSc1ccc(C)cc1CNC1CC1. The van der Waals surface area contributed by atoms with Crippen LogP contribution < -0.4 is 5.32 Å². The fourth-order valence-corrected chi connectivity index (χ4v) is 2.84. The van der Waals surface area contributed by atoms with E-state index in [1.165, 1.54) is 36.0 Å². The van der Waals surface area contributed by atoms with Crippen LogP contribution in [0.3, 0.4) is 0 Å². The molecule has 0 radical (unpaired) electrons. The van der Waals surface area contributed by atoms with Crippen LogP contribution in [-0.4, -0.2) is 24.9 Å². The quantitative estimate of drug-likeness (QED) is 0.615. The van der Waals surface area contributed by atoms with Crippen molar-refractivity contribution in [3.63, 3.8) is 0 Å². The molecule has 1 aromatic carbocycles. The minimum atomic E-state index is -0.141.